The maximum Gasteiger partial charge on any atom is 0.0647 e. The minimum atomic E-state index is 0.273. The summed E-state index contributed by atoms with van der Waals surface area (Å²) >= 11 is 0. The zero-order valence-corrected chi connectivity index (χ0v) is 12.0. The highest BCUT2D eigenvalue weighted by molar-refractivity contribution is 5.04. The average molecular weight is 252 g/mol. The van der Waals surface area contributed by atoms with Crippen LogP contribution in [0.15, 0.2) is 0 Å². The van der Waals surface area contributed by atoms with Gasteiger partial charge in [0.1, 0.15) is 0 Å². The highest BCUT2D eigenvalue weighted by atomic mass is 16.5. The van der Waals surface area contributed by atoms with Crippen LogP contribution in [0.5, 0.6) is 0 Å². The molecule has 0 bridgehead atoms. The summed E-state index contributed by atoms with van der Waals surface area (Å²) in [5, 5.41) is 3.85. The van der Waals surface area contributed by atoms with Gasteiger partial charge < -0.3 is 10.1 Å². The van der Waals surface area contributed by atoms with Crippen molar-refractivity contribution < 1.29 is 4.74 Å². The van der Waals surface area contributed by atoms with Gasteiger partial charge in [-0.2, -0.15) is 0 Å². The summed E-state index contributed by atoms with van der Waals surface area (Å²) in [5.74, 6) is 0. The van der Waals surface area contributed by atoms with Gasteiger partial charge in [-0.15, -0.1) is 0 Å². The molecule has 2 unspecified atom stereocenters. The van der Waals surface area contributed by atoms with Gasteiger partial charge >= 0.3 is 0 Å². The third kappa shape index (κ3) is 2.21. The van der Waals surface area contributed by atoms with Crippen LogP contribution in [-0.2, 0) is 4.74 Å². The molecular weight excluding hydrogens is 224 g/mol. The number of hydrogen-bond donors (Lipinski definition) is 1. The van der Waals surface area contributed by atoms with Crippen LogP contribution in [0.25, 0.3) is 0 Å². The Hall–Kier alpha value is -0.120. The van der Waals surface area contributed by atoms with Crippen molar-refractivity contribution >= 4 is 0 Å². The third-order valence-electron chi connectivity index (χ3n) is 5.45. The quantitative estimate of drug-likeness (QED) is 0.774. The van der Waals surface area contributed by atoms with E-state index < -0.39 is 0 Å². The number of piperazine rings is 1. The van der Waals surface area contributed by atoms with E-state index in [0.29, 0.717) is 11.6 Å². The second kappa shape index (κ2) is 4.77. The molecule has 2 aliphatic heterocycles. The Kier molecular flexibility index (Phi) is 3.41. The maximum absolute atomic E-state index is 5.78. The molecule has 3 fully saturated rings. The summed E-state index contributed by atoms with van der Waals surface area (Å²) in [6.07, 6.45) is 8.07. The molecule has 0 aromatic heterocycles. The summed E-state index contributed by atoms with van der Waals surface area (Å²) in [4.78, 5) is 2.76. The van der Waals surface area contributed by atoms with E-state index in [-0.39, 0.29) is 5.54 Å². The molecule has 3 aliphatic rings. The molecule has 3 heteroatoms. The number of nitrogens with one attached hydrogen (secondary N) is 1. The molecule has 0 amide bonds. The first-order valence-electron chi connectivity index (χ1n) is 7.73. The standard InChI is InChI=1S/C15H28N2O/c1-13-10-16-15(7-3-4-8-15)11-17(13)14(2)6-5-9-18-12-14/h13,16H,3-12H2,1-2H3. The van der Waals surface area contributed by atoms with E-state index in [9.17, 15) is 0 Å². The maximum atomic E-state index is 5.78. The summed E-state index contributed by atoms with van der Waals surface area (Å²) in [5.41, 5.74) is 0.697. The van der Waals surface area contributed by atoms with Crippen molar-refractivity contribution in [3.05, 3.63) is 0 Å². The van der Waals surface area contributed by atoms with E-state index in [4.69, 9.17) is 4.74 Å². The van der Waals surface area contributed by atoms with Gasteiger partial charge in [0.05, 0.1) is 6.61 Å². The minimum Gasteiger partial charge on any atom is -0.380 e. The monoisotopic (exact) mass is 252 g/mol. The molecule has 3 nitrogen and oxygen atoms in total. The van der Waals surface area contributed by atoms with Crippen molar-refractivity contribution in [2.45, 2.75) is 69.5 Å². The third-order valence-corrected chi connectivity index (χ3v) is 5.45. The second-order valence-electron chi connectivity index (χ2n) is 7.00. The Bertz CT molecular complexity index is 293. The van der Waals surface area contributed by atoms with Crippen molar-refractivity contribution in [1.29, 1.82) is 0 Å². The zero-order valence-electron chi connectivity index (χ0n) is 12.0. The van der Waals surface area contributed by atoms with Crippen LogP contribution in [0, 0.1) is 0 Å². The van der Waals surface area contributed by atoms with Gasteiger partial charge in [-0.1, -0.05) is 12.8 Å². The van der Waals surface area contributed by atoms with E-state index in [1.807, 2.05) is 0 Å². The Labute approximate surface area is 111 Å². The lowest BCUT2D eigenvalue weighted by Gasteiger charge is -2.54. The number of hydrogen-bond acceptors (Lipinski definition) is 3. The van der Waals surface area contributed by atoms with Crippen LogP contribution in [0.4, 0.5) is 0 Å². The Balaban J connectivity index is 1.76. The van der Waals surface area contributed by atoms with Crippen LogP contribution < -0.4 is 5.32 Å². The van der Waals surface area contributed by atoms with Crippen LogP contribution in [0.1, 0.15) is 52.4 Å². The highest BCUT2D eigenvalue weighted by Gasteiger charge is 2.46. The normalized spacial score (nSPS) is 41.3. The number of nitrogens with zero attached hydrogens (tertiary/aromatic N) is 1. The van der Waals surface area contributed by atoms with E-state index in [0.717, 1.165) is 19.8 Å². The minimum absolute atomic E-state index is 0.273. The van der Waals surface area contributed by atoms with Gasteiger partial charge in [-0.3, -0.25) is 4.90 Å². The molecule has 2 atom stereocenters. The largest absolute Gasteiger partial charge is 0.380 e. The summed E-state index contributed by atoms with van der Waals surface area (Å²) in [7, 11) is 0. The van der Waals surface area contributed by atoms with Crippen molar-refractivity contribution in [3.63, 3.8) is 0 Å². The van der Waals surface area contributed by atoms with E-state index in [1.165, 1.54) is 45.1 Å². The fourth-order valence-corrected chi connectivity index (χ4v) is 4.27. The van der Waals surface area contributed by atoms with Gasteiger partial charge in [0.2, 0.25) is 0 Å². The van der Waals surface area contributed by atoms with Crippen LogP contribution in [-0.4, -0.2) is 48.3 Å². The molecule has 1 N–H and O–H groups in total. The molecule has 18 heavy (non-hydrogen) atoms. The van der Waals surface area contributed by atoms with Crippen molar-refractivity contribution in [1.82, 2.24) is 10.2 Å². The second-order valence-corrected chi connectivity index (χ2v) is 7.00. The van der Waals surface area contributed by atoms with Gasteiger partial charge in [-0.25, -0.2) is 0 Å². The average Bonchev–Trinajstić information content (AvgIpc) is 2.82. The van der Waals surface area contributed by atoms with Gasteiger partial charge in [-0.05, 0) is 39.5 Å². The molecule has 104 valence electrons. The lowest BCUT2D eigenvalue weighted by atomic mass is 9.85. The van der Waals surface area contributed by atoms with Crippen molar-refractivity contribution in [3.8, 4) is 0 Å². The van der Waals surface area contributed by atoms with E-state index in [2.05, 4.69) is 24.1 Å². The topological polar surface area (TPSA) is 24.5 Å². The molecule has 2 heterocycles. The molecule has 0 aromatic carbocycles. The number of ether oxygens (including phenoxy) is 1. The molecule has 1 saturated carbocycles. The van der Waals surface area contributed by atoms with Crippen molar-refractivity contribution in [2.24, 2.45) is 0 Å². The first kappa shape index (κ1) is 12.9. The molecule has 0 radical (unpaired) electrons. The SMILES string of the molecule is CC1CNC2(CCCC2)CN1C1(C)CCCOC1. The Morgan fingerprint density at radius 3 is 2.61 bits per heavy atom. The molecular formula is C15H28N2O. The summed E-state index contributed by atoms with van der Waals surface area (Å²) in [6.45, 7) is 9.05. The first-order chi connectivity index (χ1) is 8.64. The van der Waals surface area contributed by atoms with Crippen LogP contribution in [0.2, 0.25) is 0 Å². The molecule has 1 aliphatic carbocycles. The summed E-state index contributed by atoms with van der Waals surface area (Å²) < 4.78 is 5.78. The van der Waals surface area contributed by atoms with Crippen LogP contribution >= 0.6 is 0 Å². The van der Waals surface area contributed by atoms with E-state index in [1.54, 1.807) is 0 Å². The zero-order chi connectivity index (χ0) is 12.6. The molecule has 3 rings (SSSR count). The fourth-order valence-electron chi connectivity index (χ4n) is 4.27. The van der Waals surface area contributed by atoms with E-state index >= 15 is 0 Å². The molecule has 0 aromatic rings. The van der Waals surface area contributed by atoms with Crippen molar-refractivity contribution in [2.75, 3.05) is 26.3 Å². The lowest BCUT2D eigenvalue weighted by Crippen LogP contribution is -2.68. The summed E-state index contributed by atoms with van der Waals surface area (Å²) in [6, 6.07) is 0.642. The number of rotatable bonds is 1. The fraction of sp³-hybridized carbons (Fsp3) is 1.00. The Morgan fingerprint density at radius 1 is 1.17 bits per heavy atom. The molecule has 1 spiro atoms. The van der Waals surface area contributed by atoms with Gasteiger partial charge in [0.15, 0.2) is 0 Å². The highest BCUT2D eigenvalue weighted by Crippen LogP contribution is 2.37. The van der Waals surface area contributed by atoms with Gasteiger partial charge in [0.25, 0.3) is 0 Å². The van der Waals surface area contributed by atoms with Gasteiger partial charge in [0, 0.05) is 36.8 Å². The predicted octanol–water partition coefficient (Wildman–Crippen LogP) is 2.16. The Morgan fingerprint density at radius 2 is 1.94 bits per heavy atom. The first-order valence-corrected chi connectivity index (χ1v) is 7.73. The lowest BCUT2D eigenvalue weighted by molar-refractivity contribution is -0.0792. The van der Waals surface area contributed by atoms with Crippen LogP contribution in [0.3, 0.4) is 0 Å². The predicted molar refractivity (Wildman–Crippen MR) is 73.8 cm³/mol. The smallest absolute Gasteiger partial charge is 0.0647 e. The molecule has 2 saturated heterocycles.